The van der Waals surface area contributed by atoms with E-state index in [1.165, 1.54) is 12.5 Å². The van der Waals surface area contributed by atoms with Gasteiger partial charge in [0.15, 0.2) is 11.4 Å². The van der Waals surface area contributed by atoms with E-state index in [4.69, 9.17) is 5.73 Å². The van der Waals surface area contributed by atoms with Gasteiger partial charge in [-0.15, -0.1) is 0 Å². The lowest BCUT2D eigenvalue weighted by Gasteiger charge is -2.52. The first-order valence-electron chi connectivity index (χ1n) is 14.9. The Hall–Kier alpha value is -3.21. The first-order chi connectivity index (χ1) is 19.8. The zero-order valence-electron chi connectivity index (χ0n) is 24.6. The Balaban J connectivity index is 1.58. The Morgan fingerprint density at radius 2 is 1.86 bits per heavy atom. The number of aromatic hydroxyl groups is 1. The summed E-state index contributed by atoms with van der Waals surface area (Å²) in [5.74, 6) is -5.44. The number of rotatable bonds is 7. The number of carbonyl (C=O) groups excluding carboxylic acids is 2. The zero-order chi connectivity index (χ0) is 30.7. The lowest BCUT2D eigenvalue weighted by atomic mass is 9.56. The third-order valence-electron chi connectivity index (χ3n) is 9.89. The summed E-state index contributed by atoms with van der Waals surface area (Å²) in [6.45, 7) is 6.98. The molecule has 42 heavy (non-hydrogen) atoms. The smallest absolute Gasteiger partial charge is 0.252 e. The maximum Gasteiger partial charge on any atom is 0.252 e. The summed E-state index contributed by atoms with van der Waals surface area (Å²) in [5, 5.41) is 45.4. The number of hydrogen-bond acceptors (Lipinski definition) is 8. The highest BCUT2D eigenvalue weighted by molar-refractivity contribution is 6.13. The second-order valence-corrected chi connectivity index (χ2v) is 12.6. The second kappa shape index (κ2) is 11.1. The molecule has 4 aliphatic rings. The van der Waals surface area contributed by atoms with Crippen molar-refractivity contribution in [3.63, 3.8) is 0 Å². The van der Waals surface area contributed by atoms with Crippen molar-refractivity contribution in [2.45, 2.75) is 82.5 Å². The molecule has 2 saturated carbocycles. The Labute approximate surface area is 245 Å². The zero-order valence-corrected chi connectivity index (χ0v) is 24.6. The standard InChI is InChI=1S/C32H42FN3O6/c1-5-11-36(19-9-7-6-8-10-19)15-18-14-22(37)25-20(26(18)33)12-17-13-21-27(35(3)4)29(39)23(31(34)41)16(2)32(21,42)30(40)24(17)28(25)38/h14,17,19,21,27,37-39,42H,2,5-13,15H2,1,3-4H3,(H2,34,41)/t17-,21-,27-,32-/m0/s1. The highest BCUT2D eigenvalue weighted by Gasteiger charge is 2.62. The van der Waals surface area contributed by atoms with Crippen molar-refractivity contribution >= 4 is 17.4 Å². The molecule has 0 aliphatic heterocycles. The molecule has 0 unspecified atom stereocenters. The first kappa shape index (κ1) is 30.3. The Kier molecular flexibility index (Phi) is 8.02. The van der Waals surface area contributed by atoms with Gasteiger partial charge >= 0.3 is 0 Å². The van der Waals surface area contributed by atoms with Gasteiger partial charge in [-0.05, 0) is 64.7 Å². The molecule has 0 bridgehead atoms. The van der Waals surface area contributed by atoms with E-state index >= 15 is 4.39 Å². The van der Waals surface area contributed by atoms with Gasteiger partial charge < -0.3 is 26.2 Å². The number of halogens is 1. The average molecular weight is 584 g/mol. The number of nitrogens with two attached hydrogens (primary N) is 1. The topological polar surface area (TPSA) is 148 Å². The van der Waals surface area contributed by atoms with E-state index in [1.54, 1.807) is 19.0 Å². The predicted molar refractivity (Wildman–Crippen MR) is 156 cm³/mol. The molecule has 0 radical (unpaired) electrons. The largest absolute Gasteiger partial charge is 0.510 e. The first-order valence-corrected chi connectivity index (χ1v) is 14.9. The van der Waals surface area contributed by atoms with Crippen molar-refractivity contribution in [1.29, 1.82) is 0 Å². The molecule has 0 saturated heterocycles. The molecule has 1 aromatic rings. The van der Waals surface area contributed by atoms with Crippen LogP contribution in [0.15, 0.2) is 35.1 Å². The van der Waals surface area contributed by atoms with E-state index < -0.39 is 58.1 Å². The van der Waals surface area contributed by atoms with Crippen LogP contribution < -0.4 is 5.73 Å². The number of hydrogen-bond donors (Lipinski definition) is 5. The van der Waals surface area contributed by atoms with E-state index in [0.29, 0.717) is 18.2 Å². The molecule has 0 spiro atoms. The van der Waals surface area contributed by atoms with Gasteiger partial charge in [0.2, 0.25) is 0 Å². The number of ketones is 1. The van der Waals surface area contributed by atoms with Gasteiger partial charge in [-0.25, -0.2) is 4.39 Å². The molecule has 2 fully saturated rings. The molecule has 5 rings (SSSR count). The van der Waals surface area contributed by atoms with Crippen LogP contribution in [0.4, 0.5) is 4.39 Å². The molecule has 1 aromatic carbocycles. The quantitative estimate of drug-likeness (QED) is 0.327. The van der Waals surface area contributed by atoms with E-state index in [0.717, 1.165) is 38.6 Å². The molecule has 1 amide bonds. The maximum atomic E-state index is 16.3. The number of amides is 1. The average Bonchev–Trinajstić information content (AvgIpc) is 2.93. The summed E-state index contributed by atoms with van der Waals surface area (Å²) in [4.78, 5) is 30.2. The third-order valence-corrected chi connectivity index (χ3v) is 9.89. The van der Waals surface area contributed by atoms with Crippen LogP contribution in [0, 0.1) is 17.7 Å². The number of primary amides is 1. The molecular formula is C32H42FN3O6. The summed E-state index contributed by atoms with van der Waals surface area (Å²) < 4.78 is 16.3. The van der Waals surface area contributed by atoms with Crippen LogP contribution in [0.1, 0.15) is 68.6 Å². The number of benzene rings is 1. The summed E-state index contributed by atoms with van der Waals surface area (Å²) in [6, 6.07) is 0.716. The number of aliphatic hydroxyl groups is 3. The highest BCUT2D eigenvalue weighted by atomic mass is 19.1. The molecule has 4 atom stereocenters. The van der Waals surface area contributed by atoms with Crippen LogP contribution in [0.2, 0.25) is 0 Å². The van der Waals surface area contributed by atoms with Gasteiger partial charge in [0.05, 0.1) is 17.2 Å². The molecule has 228 valence electrons. The monoisotopic (exact) mass is 583 g/mol. The number of aliphatic hydroxyl groups excluding tert-OH is 2. The molecule has 10 heteroatoms. The highest BCUT2D eigenvalue weighted by Crippen LogP contribution is 2.54. The SMILES string of the molecule is C=C1C(C(N)=O)=C(O)[C@@H](N(C)C)[C@@H]2C[C@@H]3Cc4c(F)c(CN(CCC)C5CCCCC5)cc(O)c4C(O)=C3C(=O)[C@]12O. The molecule has 4 aliphatic carbocycles. The normalized spacial score (nSPS) is 28.3. The summed E-state index contributed by atoms with van der Waals surface area (Å²) in [7, 11) is 3.27. The molecular weight excluding hydrogens is 541 g/mol. The van der Waals surface area contributed by atoms with Crippen LogP contribution in [-0.4, -0.2) is 80.2 Å². The van der Waals surface area contributed by atoms with Gasteiger partial charge in [0.1, 0.15) is 23.1 Å². The summed E-state index contributed by atoms with van der Waals surface area (Å²) >= 11 is 0. The molecule has 6 N–H and O–H groups in total. The number of carbonyl (C=O) groups is 2. The lowest BCUT2D eigenvalue weighted by molar-refractivity contribution is -0.143. The fourth-order valence-electron chi connectivity index (χ4n) is 7.98. The minimum Gasteiger partial charge on any atom is -0.510 e. The number of Topliss-reactive ketones (excluding diaryl/α,β-unsaturated/α-hetero) is 1. The summed E-state index contributed by atoms with van der Waals surface area (Å²) in [5.41, 5.74) is 2.56. The fourth-order valence-corrected chi connectivity index (χ4v) is 7.98. The minimum atomic E-state index is -2.35. The van der Waals surface area contributed by atoms with E-state index in [-0.39, 0.29) is 40.9 Å². The van der Waals surface area contributed by atoms with Crippen molar-refractivity contribution < 1.29 is 34.4 Å². The minimum absolute atomic E-state index is 0.0112. The second-order valence-electron chi connectivity index (χ2n) is 12.6. The lowest BCUT2D eigenvalue weighted by Crippen LogP contribution is -2.63. The fraction of sp³-hybridized carbons (Fsp3) is 0.562. The predicted octanol–water partition coefficient (Wildman–Crippen LogP) is 3.63. The third kappa shape index (κ3) is 4.55. The number of nitrogens with zero attached hydrogens (tertiary/aromatic N) is 2. The molecule has 9 nitrogen and oxygen atoms in total. The van der Waals surface area contributed by atoms with Crippen molar-refractivity contribution in [3.8, 4) is 5.75 Å². The van der Waals surface area contributed by atoms with Crippen molar-refractivity contribution in [2.24, 2.45) is 17.6 Å². The van der Waals surface area contributed by atoms with Crippen molar-refractivity contribution in [1.82, 2.24) is 9.80 Å². The Morgan fingerprint density at radius 1 is 1.19 bits per heavy atom. The number of phenols is 1. The molecule has 0 aromatic heterocycles. The van der Waals surface area contributed by atoms with Crippen molar-refractivity contribution in [3.05, 3.63) is 57.6 Å². The van der Waals surface area contributed by atoms with Gasteiger partial charge in [0, 0.05) is 40.8 Å². The number of fused-ring (bicyclic) bond motifs is 3. The van der Waals surface area contributed by atoms with Crippen LogP contribution in [0.25, 0.3) is 5.76 Å². The Morgan fingerprint density at radius 3 is 2.45 bits per heavy atom. The van der Waals surface area contributed by atoms with Gasteiger partial charge in [-0.1, -0.05) is 32.8 Å². The van der Waals surface area contributed by atoms with E-state index in [9.17, 15) is 30.0 Å². The van der Waals surface area contributed by atoms with Crippen molar-refractivity contribution in [2.75, 3.05) is 20.6 Å². The van der Waals surface area contributed by atoms with E-state index in [1.807, 2.05) is 0 Å². The number of likely N-dealkylation sites (N-methyl/N-ethyl adjacent to an activating group) is 1. The van der Waals surface area contributed by atoms with Crippen LogP contribution in [-0.2, 0) is 22.6 Å². The van der Waals surface area contributed by atoms with Crippen LogP contribution in [0.3, 0.4) is 0 Å². The molecule has 0 heterocycles. The van der Waals surface area contributed by atoms with E-state index in [2.05, 4.69) is 18.4 Å². The Bertz CT molecular complexity index is 1390. The summed E-state index contributed by atoms with van der Waals surface area (Å²) in [6.07, 6.45) is 6.58. The van der Waals surface area contributed by atoms with Gasteiger partial charge in [-0.2, -0.15) is 0 Å². The van der Waals surface area contributed by atoms with Crippen LogP contribution in [0.5, 0.6) is 5.75 Å². The van der Waals surface area contributed by atoms with Crippen LogP contribution >= 0.6 is 0 Å². The van der Waals surface area contributed by atoms with Gasteiger partial charge in [-0.3, -0.25) is 19.4 Å². The van der Waals surface area contributed by atoms with Gasteiger partial charge in [0.25, 0.3) is 5.91 Å². The number of phenolic OH excluding ortho intramolecular Hbond substituents is 1. The maximum absolute atomic E-state index is 16.3.